The lowest BCUT2D eigenvalue weighted by Crippen LogP contribution is -2.40. The predicted molar refractivity (Wildman–Crippen MR) is 179 cm³/mol. The molecule has 0 unspecified atom stereocenters. The van der Waals surface area contributed by atoms with Crippen LogP contribution < -0.4 is 15.8 Å². The molecule has 0 saturated carbocycles. The maximum Gasteiger partial charge on any atom is 0.326 e. The Morgan fingerprint density at radius 1 is 1.00 bits per heavy atom. The smallest absolute Gasteiger partial charge is 0.307 e. The Morgan fingerprint density at radius 2 is 1.70 bits per heavy atom. The largest absolute Gasteiger partial charge is 0.326 e. The zero-order chi connectivity index (χ0) is 31.1. The second kappa shape index (κ2) is 14.2. The zero-order valence-corrected chi connectivity index (χ0v) is 26.4. The van der Waals surface area contributed by atoms with Gasteiger partial charge in [0.15, 0.2) is 0 Å². The van der Waals surface area contributed by atoms with Crippen LogP contribution in [0, 0.1) is 11.8 Å². The molecule has 0 bridgehead atoms. The van der Waals surface area contributed by atoms with Crippen molar-refractivity contribution in [3.8, 4) is 23.0 Å². The Balaban J connectivity index is 1.93. The predicted octanol–water partition coefficient (Wildman–Crippen LogP) is 7.59. The van der Waals surface area contributed by atoms with Crippen molar-refractivity contribution < 1.29 is 4.79 Å². The Morgan fingerprint density at radius 3 is 2.35 bits per heavy atom. The topological polar surface area (TPSA) is 81.3 Å². The van der Waals surface area contributed by atoms with E-state index >= 15 is 0 Å². The molecule has 0 aliphatic rings. The summed E-state index contributed by atoms with van der Waals surface area (Å²) in [4.78, 5) is 39.3. The molecule has 2 heterocycles. The Hall–Kier alpha value is -4.41. The van der Waals surface area contributed by atoms with E-state index in [-0.39, 0.29) is 23.4 Å². The minimum absolute atomic E-state index is 0.208. The average Bonchev–Trinajstić information content (AvgIpc) is 2.97. The molecule has 2 N–H and O–H groups in total. The van der Waals surface area contributed by atoms with Crippen LogP contribution >= 0.6 is 0 Å². The van der Waals surface area contributed by atoms with Gasteiger partial charge in [-0.05, 0) is 73.3 Å². The highest BCUT2D eigenvalue weighted by Crippen LogP contribution is 2.36. The van der Waals surface area contributed by atoms with Crippen LogP contribution in [0.2, 0.25) is 0 Å². The molecule has 0 spiro atoms. The van der Waals surface area contributed by atoms with E-state index in [1.807, 2.05) is 61.5 Å². The van der Waals surface area contributed by atoms with Crippen molar-refractivity contribution in [1.29, 1.82) is 0 Å². The number of benzene rings is 2. The molecule has 4 rings (SSSR count). The number of aromatic nitrogens is 2. The summed E-state index contributed by atoms with van der Waals surface area (Å²) in [7, 11) is 3.96. The number of H-pyrrole nitrogens is 1. The van der Waals surface area contributed by atoms with E-state index in [0.29, 0.717) is 30.0 Å². The van der Waals surface area contributed by atoms with E-state index in [9.17, 15) is 9.59 Å². The number of aromatic amines is 1. The maximum absolute atomic E-state index is 14.3. The molecule has 2 aromatic carbocycles. The van der Waals surface area contributed by atoms with Crippen LogP contribution in [0.3, 0.4) is 0 Å². The summed E-state index contributed by atoms with van der Waals surface area (Å²) in [6.45, 7) is 11.6. The molecule has 0 aliphatic heterocycles. The molecule has 224 valence electrons. The van der Waals surface area contributed by atoms with E-state index in [4.69, 9.17) is 0 Å². The molecule has 2 amide bonds. The van der Waals surface area contributed by atoms with Gasteiger partial charge in [-0.15, -0.1) is 0 Å². The fourth-order valence-electron chi connectivity index (χ4n) is 5.22. The summed E-state index contributed by atoms with van der Waals surface area (Å²) in [5.74, 6) is 6.84. The number of carbonyl (C=O) groups excluding carboxylic acids is 1. The van der Waals surface area contributed by atoms with Crippen molar-refractivity contribution in [2.75, 3.05) is 37.4 Å². The summed E-state index contributed by atoms with van der Waals surface area (Å²) in [6.07, 6.45) is 3.25. The van der Waals surface area contributed by atoms with Gasteiger partial charge < -0.3 is 10.3 Å². The second-order valence-electron chi connectivity index (χ2n) is 11.8. The van der Waals surface area contributed by atoms with Crippen molar-refractivity contribution in [1.82, 2.24) is 14.9 Å². The minimum Gasteiger partial charge on any atom is -0.307 e. The van der Waals surface area contributed by atoms with E-state index in [0.717, 1.165) is 46.2 Å². The van der Waals surface area contributed by atoms with Crippen LogP contribution in [0.4, 0.5) is 16.2 Å². The summed E-state index contributed by atoms with van der Waals surface area (Å²) < 4.78 is 0. The molecule has 0 aliphatic carbocycles. The lowest BCUT2D eigenvalue weighted by atomic mass is 9.92. The first kappa shape index (κ1) is 31.5. The number of fused-ring (bicyclic) bond motifs is 1. The SMILES string of the molecule is CCCCN(C(=O)Nc1c(C(C)C)cccc1C(C)C)c1c(-c2cccc(C#CCN(C)C)c2)c2cccnc2[nH]c1=O. The molecular weight excluding hydrogens is 534 g/mol. The number of hydrogen-bond donors (Lipinski definition) is 2. The number of para-hydroxylation sites is 1. The first-order valence-electron chi connectivity index (χ1n) is 15.1. The summed E-state index contributed by atoms with van der Waals surface area (Å²) >= 11 is 0. The third kappa shape index (κ3) is 7.33. The standard InChI is InChI=1S/C36H43N5O2/c1-8-9-22-41(36(43)38-32-28(24(2)3)17-11-18-29(32)25(4)5)33-31(30-19-12-20-37-34(30)39-35(33)42)27-16-10-14-26(23-27)15-13-21-40(6)7/h10-12,14,16-20,23-25H,8-9,21-22H2,1-7H3,(H,38,43)(H,37,39,42). The number of carbonyl (C=O) groups is 1. The molecule has 4 aromatic rings. The lowest BCUT2D eigenvalue weighted by Gasteiger charge is -2.27. The third-order valence-corrected chi connectivity index (χ3v) is 7.40. The van der Waals surface area contributed by atoms with Gasteiger partial charge >= 0.3 is 6.03 Å². The molecule has 0 fully saturated rings. The van der Waals surface area contributed by atoms with Gasteiger partial charge in [0.25, 0.3) is 5.56 Å². The van der Waals surface area contributed by atoms with Crippen molar-refractivity contribution in [2.45, 2.75) is 59.3 Å². The van der Waals surface area contributed by atoms with Gasteiger partial charge in [0.1, 0.15) is 11.3 Å². The van der Waals surface area contributed by atoms with E-state index in [2.05, 4.69) is 73.9 Å². The number of nitrogens with zero attached hydrogens (tertiary/aromatic N) is 3. The highest BCUT2D eigenvalue weighted by Gasteiger charge is 2.27. The Bertz CT molecular complexity index is 1680. The van der Waals surface area contributed by atoms with Gasteiger partial charge in [-0.3, -0.25) is 14.6 Å². The Kier molecular flexibility index (Phi) is 10.4. The monoisotopic (exact) mass is 577 g/mol. The van der Waals surface area contributed by atoms with Crippen molar-refractivity contribution in [3.63, 3.8) is 0 Å². The van der Waals surface area contributed by atoms with Crippen LogP contribution in [-0.2, 0) is 0 Å². The van der Waals surface area contributed by atoms with Crippen LogP contribution in [0.1, 0.15) is 76.0 Å². The average molecular weight is 578 g/mol. The van der Waals surface area contributed by atoms with E-state index in [1.54, 1.807) is 11.1 Å². The van der Waals surface area contributed by atoms with E-state index in [1.165, 1.54) is 0 Å². The number of urea groups is 1. The molecule has 0 atom stereocenters. The normalized spacial score (nSPS) is 11.2. The maximum atomic E-state index is 14.3. The molecule has 0 radical (unpaired) electrons. The van der Waals surface area contributed by atoms with Crippen molar-refractivity contribution >= 4 is 28.4 Å². The third-order valence-electron chi connectivity index (χ3n) is 7.40. The number of hydrogen-bond acceptors (Lipinski definition) is 4. The second-order valence-corrected chi connectivity index (χ2v) is 11.8. The number of nitrogens with one attached hydrogen (secondary N) is 2. The van der Waals surface area contributed by atoms with Crippen LogP contribution in [0.25, 0.3) is 22.2 Å². The summed E-state index contributed by atoms with van der Waals surface area (Å²) in [5.41, 5.74) is 5.66. The van der Waals surface area contributed by atoms with Crippen molar-refractivity contribution in [3.05, 3.63) is 87.8 Å². The molecule has 7 nitrogen and oxygen atoms in total. The van der Waals surface area contributed by atoms with Gasteiger partial charge in [0, 0.05) is 34.9 Å². The van der Waals surface area contributed by atoms with Gasteiger partial charge in [-0.25, -0.2) is 9.78 Å². The lowest BCUT2D eigenvalue weighted by molar-refractivity contribution is 0.256. The van der Waals surface area contributed by atoms with E-state index < -0.39 is 0 Å². The number of unbranched alkanes of at least 4 members (excludes halogenated alkanes) is 1. The first-order chi connectivity index (χ1) is 20.6. The molecule has 2 aromatic heterocycles. The summed E-state index contributed by atoms with van der Waals surface area (Å²) in [5, 5.41) is 4.00. The van der Waals surface area contributed by atoms with Crippen LogP contribution in [-0.4, -0.2) is 48.1 Å². The number of rotatable bonds is 9. The van der Waals surface area contributed by atoms with Crippen molar-refractivity contribution in [2.24, 2.45) is 0 Å². The quantitative estimate of drug-likeness (QED) is 0.201. The van der Waals surface area contributed by atoms with Crippen LogP contribution in [0.5, 0.6) is 0 Å². The van der Waals surface area contributed by atoms with Gasteiger partial charge in [-0.2, -0.15) is 0 Å². The fraction of sp³-hybridized carbons (Fsp3) is 0.361. The number of pyridine rings is 2. The zero-order valence-electron chi connectivity index (χ0n) is 26.4. The molecule has 7 heteroatoms. The summed E-state index contributed by atoms with van der Waals surface area (Å²) in [6, 6.07) is 17.4. The number of amides is 2. The van der Waals surface area contributed by atoms with Gasteiger partial charge in [0.05, 0.1) is 6.54 Å². The highest BCUT2D eigenvalue weighted by molar-refractivity contribution is 6.09. The fourth-order valence-corrected chi connectivity index (χ4v) is 5.22. The van der Waals surface area contributed by atoms with Gasteiger partial charge in [-0.1, -0.05) is 83.2 Å². The first-order valence-corrected chi connectivity index (χ1v) is 15.1. The number of anilines is 2. The minimum atomic E-state index is -0.363. The molecule has 43 heavy (non-hydrogen) atoms. The molecule has 0 saturated heterocycles. The highest BCUT2D eigenvalue weighted by atomic mass is 16.2. The van der Waals surface area contributed by atoms with Gasteiger partial charge in [0.2, 0.25) is 0 Å². The van der Waals surface area contributed by atoms with Crippen LogP contribution in [0.15, 0.2) is 65.6 Å². The molecular formula is C36H43N5O2. The Labute approximate surface area is 255 Å².